The summed E-state index contributed by atoms with van der Waals surface area (Å²) in [5.41, 5.74) is 1.14. The number of aliphatic hydroxyl groups excluding tert-OH is 1. The van der Waals surface area contributed by atoms with Gasteiger partial charge in [-0.1, -0.05) is 6.07 Å². The van der Waals surface area contributed by atoms with Crippen LogP contribution in [-0.4, -0.2) is 11.7 Å². The lowest BCUT2D eigenvalue weighted by Gasteiger charge is -2.09. The van der Waals surface area contributed by atoms with E-state index in [9.17, 15) is 5.11 Å². The Hall–Kier alpha value is -1.10. The van der Waals surface area contributed by atoms with Crippen molar-refractivity contribution in [2.24, 2.45) is 0 Å². The van der Waals surface area contributed by atoms with Crippen molar-refractivity contribution in [3.63, 3.8) is 0 Å². The Morgan fingerprint density at radius 2 is 2.38 bits per heavy atom. The molecule has 0 aliphatic carbocycles. The number of furan rings is 1. The molecule has 0 aliphatic rings. The van der Waals surface area contributed by atoms with E-state index in [2.05, 4.69) is 5.32 Å². The van der Waals surface area contributed by atoms with Crippen LogP contribution in [0, 0.1) is 6.92 Å². The van der Waals surface area contributed by atoms with E-state index in [1.165, 1.54) is 0 Å². The lowest BCUT2D eigenvalue weighted by Crippen LogP contribution is -2.20. The van der Waals surface area contributed by atoms with Crippen LogP contribution in [0.5, 0.6) is 0 Å². The Labute approximate surface area is 98.7 Å². The molecule has 3 nitrogen and oxygen atoms in total. The topological polar surface area (TPSA) is 45.4 Å². The van der Waals surface area contributed by atoms with Crippen LogP contribution in [0.1, 0.15) is 22.3 Å². The van der Waals surface area contributed by atoms with Crippen LogP contribution in [-0.2, 0) is 6.54 Å². The summed E-state index contributed by atoms with van der Waals surface area (Å²) in [5, 5.41) is 15.0. The third-order valence-electron chi connectivity index (χ3n) is 2.46. The average molecular weight is 237 g/mol. The molecule has 0 saturated heterocycles. The lowest BCUT2D eigenvalue weighted by molar-refractivity contribution is 0.177. The van der Waals surface area contributed by atoms with Crippen molar-refractivity contribution >= 4 is 11.3 Å². The second kappa shape index (κ2) is 5.30. The second-order valence-corrected chi connectivity index (χ2v) is 4.67. The minimum absolute atomic E-state index is 0.435. The minimum atomic E-state index is -0.435. The van der Waals surface area contributed by atoms with Crippen LogP contribution in [0.15, 0.2) is 34.3 Å². The molecule has 0 aliphatic heterocycles. The molecule has 1 unspecified atom stereocenters. The van der Waals surface area contributed by atoms with Crippen LogP contribution >= 0.6 is 11.3 Å². The first-order chi connectivity index (χ1) is 7.77. The number of aliphatic hydroxyl groups is 1. The molecule has 86 valence electrons. The van der Waals surface area contributed by atoms with E-state index >= 15 is 0 Å². The molecule has 0 spiro atoms. The zero-order chi connectivity index (χ0) is 11.4. The molecule has 2 aromatic heterocycles. The van der Waals surface area contributed by atoms with E-state index in [4.69, 9.17) is 4.42 Å². The molecule has 0 fully saturated rings. The van der Waals surface area contributed by atoms with Gasteiger partial charge in [0.1, 0.15) is 11.9 Å². The van der Waals surface area contributed by atoms with Crippen molar-refractivity contribution < 1.29 is 9.52 Å². The Bertz CT molecular complexity index is 422. The third-order valence-corrected chi connectivity index (χ3v) is 3.44. The van der Waals surface area contributed by atoms with Gasteiger partial charge in [0.05, 0.1) is 12.8 Å². The fraction of sp³-hybridized carbons (Fsp3) is 0.333. The van der Waals surface area contributed by atoms with Crippen LogP contribution in [0.2, 0.25) is 0 Å². The molecule has 2 rings (SSSR count). The number of hydrogen-bond donors (Lipinski definition) is 2. The summed E-state index contributed by atoms with van der Waals surface area (Å²) in [6.45, 7) is 3.21. The second-order valence-electron chi connectivity index (χ2n) is 3.69. The van der Waals surface area contributed by atoms with Crippen molar-refractivity contribution in [1.29, 1.82) is 0 Å². The van der Waals surface area contributed by atoms with Crippen molar-refractivity contribution in [2.75, 3.05) is 6.54 Å². The van der Waals surface area contributed by atoms with Crippen molar-refractivity contribution in [3.8, 4) is 0 Å². The zero-order valence-electron chi connectivity index (χ0n) is 9.14. The molecule has 0 radical (unpaired) electrons. The number of hydrogen-bond acceptors (Lipinski definition) is 4. The highest BCUT2D eigenvalue weighted by molar-refractivity contribution is 7.10. The first kappa shape index (κ1) is 11.4. The van der Waals surface area contributed by atoms with Gasteiger partial charge in [-0.15, -0.1) is 11.3 Å². The molecule has 0 saturated carbocycles. The van der Waals surface area contributed by atoms with Crippen LogP contribution in [0.4, 0.5) is 0 Å². The van der Waals surface area contributed by atoms with Crippen LogP contribution in [0.3, 0.4) is 0 Å². The molecular formula is C12H15NO2S. The van der Waals surface area contributed by atoms with E-state index in [1.807, 2.05) is 30.5 Å². The predicted molar refractivity (Wildman–Crippen MR) is 64.4 cm³/mol. The summed E-state index contributed by atoms with van der Waals surface area (Å²) in [7, 11) is 0. The quantitative estimate of drug-likeness (QED) is 0.839. The molecule has 1 atom stereocenters. The van der Waals surface area contributed by atoms with Gasteiger partial charge >= 0.3 is 0 Å². The number of rotatable bonds is 5. The predicted octanol–water partition coefficient (Wildman–Crippen LogP) is 2.47. The van der Waals surface area contributed by atoms with E-state index in [0.29, 0.717) is 13.1 Å². The molecular weight excluding hydrogens is 222 g/mol. The average Bonchev–Trinajstić information content (AvgIpc) is 2.90. The smallest absolute Gasteiger partial charge is 0.120 e. The SMILES string of the molecule is Cc1ccoc1CNCC(O)c1cccs1. The molecule has 4 heteroatoms. The summed E-state index contributed by atoms with van der Waals surface area (Å²) in [4.78, 5) is 0.990. The van der Waals surface area contributed by atoms with Crippen molar-refractivity contribution in [1.82, 2.24) is 5.32 Å². The molecule has 2 heterocycles. The van der Waals surface area contributed by atoms with Gasteiger partial charge in [0.25, 0.3) is 0 Å². The fourth-order valence-electron chi connectivity index (χ4n) is 1.49. The number of thiophene rings is 1. The van der Waals surface area contributed by atoms with Gasteiger partial charge in [0.2, 0.25) is 0 Å². The molecule has 16 heavy (non-hydrogen) atoms. The van der Waals surface area contributed by atoms with E-state index in [0.717, 1.165) is 16.2 Å². The van der Waals surface area contributed by atoms with Crippen molar-refractivity contribution in [2.45, 2.75) is 19.6 Å². The first-order valence-electron chi connectivity index (χ1n) is 5.22. The van der Waals surface area contributed by atoms with Crippen LogP contribution in [0.25, 0.3) is 0 Å². The Morgan fingerprint density at radius 3 is 3.00 bits per heavy atom. The molecule has 2 N–H and O–H groups in total. The minimum Gasteiger partial charge on any atom is -0.468 e. The highest BCUT2D eigenvalue weighted by Gasteiger charge is 2.08. The molecule has 2 aromatic rings. The van der Waals surface area contributed by atoms with Gasteiger partial charge < -0.3 is 14.8 Å². The maximum absolute atomic E-state index is 9.82. The third kappa shape index (κ3) is 2.72. The maximum atomic E-state index is 9.82. The highest BCUT2D eigenvalue weighted by atomic mass is 32.1. The van der Waals surface area contributed by atoms with Gasteiger partial charge in [-0.3, -0.25) is 0 Å². The van der Waals surface area contributed by atoms with Gasteiger partial charge in [0.15, 0.2) is 0 Å². The van der Waals surface area contributed by atoms with Gasteiger partial charge in [-0.05, 0) is 30.0 Å². The normalized spacial score (nSPS) is 12.9. The van der Waals surface area contributed by atoms with Crippen molar-refractivity contribution in [3.05, 3.63) is 46.0 Å². The fourth-order valence-corrected chi connectivity index (χ4v) is 2.20. The van der Waals surface area contributed by atoms with Gasteiger partial charge in [-0.25, -0.2) is 0 Å². The molecule has 0 amide bonds. The molecule has 0 aromatic carbocycles. The van der Waals surface area contributed by atoms with Gasteiger partial charge in [-0.2, -0.15) is 0 Å². The monoisotopic (exact) mass is 237 g/mol. The van der Waals surface area contributed by atoms with Gasteiger partial charge in [0, 0.05) is 11.4 Å². The Morgan fingerprint density at radius 1 is 1.50 bits per heavy atom. The van der Waals surface area contributed by atoms with E-state index in [-0.39, 0.29) is 0 Å². The zero-order valence-corrected chi connectivity index (χ0v) is 9.96. The number of aryl methyl sites for hydroxylation is 1. The largest absolute Gasteiger partial charge is 0.468 e. The summed E-state index contributed by atoms with van der Waals surface area (Å²) in [6, 6.07) is 5.82. The Kier molecular flexibility index (Phi) is 3.77. The standard InChI is InChI=1S/C12H15NO2S/c1-9-4-5-15-11(9)8-13-7-10(14)12-3-2-6-16-12/h2-6,10,13-14H,7-8H2,1H3. The van der Waals surface area contributed by atoms with E-state index < -0.39 is 6.10 Å². The Balaban J connectivity index is 1.78. The summed E-state index contributed by atoms with van der Waals surface area (Å²) in [5.74, 6) is 0.929. The van der Waals surface area contributed by atoms with E-state index in [1.54, 1.807) is 17.6 Å². The first-order valence-corrected chi connectivity index (χ1v) is 6.10. The van der Waals surface area contributed by atoms with Crippen LogP contribution < -0.4 is 5.32 Å². The summed E-state index contributed by atoms with van der Waals surface area (Å²) in [6.07, 6.45) is 1.25. The highest BCUT2D eigenvalue weighted by Crippen LogP contribution is 2.18. The summed E-state index contributed by atoms with van der Waals surface area (Å²) < 4.78 is 5.30. The lowest BCUT2D eigenvalue weighted by atomic mass is 10.2. The number of nitrogens with one attached hydrogen (secondary N) is 1. The summed E-state index contributed by atoms with van der Waals surface area (Å²) >= 11 is 1.57. The maximum Gasteiger partial charge on any atom is 0.120 e. The molecule has 0 bridgehead atoms.